The Morgan fingerprint density at radius 3 is 2.67 bits per heavy atom. The zero-order valence-corrected chi connectivity index (χ0v) is 8.95. The zero-order chi connectivity index (χ0) is 10.3. The monoisotopic (exact) mass is 203 g/mol. The molecule has 3 rings (SSSR count). The predicted molar refractivity (Wildman–Crippen MR) is 61.8 cm³/mol. The normalized spacial score (nSPS) is 23.1. The Morgan fingerprint density at radius 1 is 1.27 bits per heavy atom. The van der Waals surface area contributed by atoms with Crippen LogP contribution in [0.1, 0.15) is 25.7 Å². The number of nitrogen functional groups attached to an aromatic ring is 1. The van der Waals surface area contributed by atoms with Gasteiger partial charge in [0.2, 0.25) is 0 Å². The van der Waals surface area contributed by atoms with Crippen LogP contribution in [0.3, 0.4) is 0 Å². The molecule has 2 fully saturated rings. The van der Waals surface area contributed by atoms with Gasteiger partial charge in [-0.1, -0.05) is 6.42 Å². The second kappa shape index (κ2) is 3.12. The summed E-state index contributed by atoms with van der Waals surface area (Å²) in [6.07, 6.45) is 7.52. The maximum absolute atomic E-state index is 5.59. The highest BCUT2D eigenvalue weighted by atomic mass is 15.2. The lowest BCUT2D eigenvalue weighted by molar-refractivity contribution is 0.165. The van der Waals surface area contributed by atoms with Gasteiger partial charge in [-0.15, -0.1) is 0 Å². The summed E-state index contributed by atoms with van der Waals surface area (Å²) in [5, 5.41) is 0. The molecular formula is C12H17N3. The summed E-state index contributed by atoms with van der Waals surface area (Å²) in [5.74, 6) is 0.608. The van der Waals surface area contributed by atoms with E-state index in [4.69, 9.17) is 5.73 Å². The highest BCUT2D eigenvalue weighted by Gasteiger charge is 2.42. The van der Waals surface area contributed by atoms with Gasteiger partial charge in [0.05, 0.1) is 11.9 Å². The van der Waals surface area contributed by atoms with Crippen LogP contribution in [0.5, 0.6) is 0 Å². The van der Waals surface area contributed by atoms with Gasteiger partial charge < -0.3 is 10.6 Å². The van der Waals surface area contributed by atoms with Gasteiger partial charge in [-0.3, -0.25) is 0 Å². The van der Waals surface area contributed by atoms with E-state index in [1.165, 1.54) is 44.5 Å². The summed E-state index contributed by atoms with van der Waals surface area (Å²) in [7, 11) is 0. The number of pyridine rings is 1. The molecule has 15 heavy (non-hydrogen) atoms. The second-order valence-electron chi connectivity index (χ2n) is 4.97. The summed E-state index contributed by atoms with van der Waals surface area (Å²) in [4.78, 5) is 6.60. The Labute approximate surface area is 90.3 Å². The average molecular weight is 203 g/mol. The van der Waals surface area contributed by atoms with E-state index >= 15 is 0 Å². The van der Waals surface area contributed by atoms with Crippen LogP contribution in [-0.2, 0) is 0 Å². The van der Waals surface area contributed by atoms with Gasteiger partial charge in [-0.2, -0.15) is 0 Å². The molecule has 1 saturated heterocycles. The lowest BCUT2D eigenvalue weighted by Crippen LogP contribution is -2.33. The Kier molecular flexibility index (Phi) is 1.87. The molecule has 3 heteroatoms. The van der Waals surface area contributed by atoms with E-state index in [2.05, 4.69) is 16.0 Å². The van der Waals surface area contributed by atoms with Crippen molar-refractivity contribution in [3.63, 3.8) is 0 Å². The summed E-state index contributed by atoms with van der Waals surface area (Å²) < 4.78 is 0. The van der Waals surface area contributed by atoms with Gasteiger partial charge in [0.15, 0.2) is 0 Å². The van der Waals surface area contributed by atoms with Gasteiger partial charge in [-0.05, 0) is 36.8 Å². The first-order valence-corrected chi connectivity index (χ1v) is 5.74. The minimum atomic E-state index is 0.608. The summed E-state index contributed by atoms with van der Waals surface area (Å²) in [6.45, 7) is 2.41. The number of hydrogen-bond acceptors (Lipinski definition) is 3. The van der Waals surface area contributed by atoms with Gasteiger partial charge >= 0.3 is 0 Å². The van der Waals surface area contributed by atoms with E-state index < -0.39 is 0 Å². The van der Waals surface area contributed by atoms with E-state index in [1.807, 2.05) is 12.3 Å². The summed E-state index contributed by atoms with van der Waals surface area (Å²) in [6, 6.07) is 3.97. The Balaban J connectivity index is 1.76. The van der Waals surface area contributed by atoms with E-state index in [9.17, 15) is 0 Å². The molecule has 3 nitrogen and oxygen atoms in total. The van der Waals surface area contributed by atoms with Crippen LogP contribution in [0.25, 0.3) is 0 Å². The van der Waals surface area contributed by atoms with Crippen LogP contribution >= 0.6 is 0 Å². The first kappa shape index (κ1) is 9.01. The molecule has 80 valence electrons. The van der Waals surface area contributed by atoms with Crippen LogP contribution in [-0.4, -0.2) is 18.1 Å². The predicted octanol–water partition coefficient (Wildman–Crippen LogP) is 2.04. The van der Waals surface area contributed by atoms with Gasteiger partial charge in [0.1, 0.15) is 5.82 Å². The van der Waals surface area contributed by atoms with Gasteiger partial charge in [0.25, 0.3) is 0 Å². The van der Waals surface area contributed by atoms with Crippen molar-refractivity contribution in [1.82, 2.24) is 4.98 Å². The van der Waals surface area contributed by atoms with Crippen LogP contribution in [0.4, 0.5) is 11.5 Å². The van der Waals surface area contributed by atoms with Gasteiger partial charge in [-0.25, -0.2) is 4.98 Å². The number of rotatable bonds is 1. The van der Waals surface area contributed by atoms with Crippen molar-refractivity contribution >= 4 is 11.5 Å². The van der Waals surface area contributed by atoms with E-state index in [0.29, 0.717) is 11.2 Å². The van der Waals surface area contributed by atoms with Crippen molar-refractivity contribution in [2.75, 3.05) is 23.7 Å². The molecule has 1 saturated carbocycles. The van der Waals surface area contributed by atoms with Crippen molar-refractivity contribution in [2.24, 2.45) is 5.41 Å². The number of nitrogens with zero attached hydrogens (tertiary/aromatic N) is 2. The smallest absolute Gasteiger partial charge is 0.123 e. The molecule has 1 aromatic rings. The van der Waals surface area contributed by atoms with Crippen LogP contribution < -0.4 is 10.6 Å². The Morgan fingerprint density at radius 2 is 2.13 bits per heavy atom. The van der Waals surface area contributed by atoms with Crippen LogP contribution in [0.15, 0.2) is 18.3 Å². The molecule has 1 aromatic heterocycles. The Hall–Kier alpha value is -1.25. The number of hydrogen-bond donors (Lipinski definition) is 1. The molecular weight excluding hydrogens is 186 g/mol. The third-order valence-electron chi connectivity index (χ3n) is 3.99. The largest absolute Gasteiger partial charge is 0.384 e. The first-order valence-electron chi connectivity index (χ1n) is 5.74. The van der Waals surface area contributed by atoms with Crippen molar-refractivity contribution in [3.05, 3.63) is 18.3 Å². The first-order chi connectivity index (χ1) is 7.27. The number of aromatic nitrogens is 1. The SMILES string of the molecule is Nc1ccc(N2CCC3(CCC3)C2)cn1. The quantitative estimate of drug-likeness (QED) is 0.759. The molecule has 0 aromatic carbocycles. The fourth-order valence-electron chi connectivity index (χ4n) is 2.82. The summed E-state index contributed by atoms with van der Waals surface area (Å²) >= 11 is 0. The molecule has 0 radical (unpaired) electrons. The van der Waals surface area contributed by atoms with Gasteiger partial charge in [0, 0.05) is 13.1 Å². The van der Waals surface area contributed by atoms with Crippen LogP contribution in [0.2, 0.25) is 0 Å². The van der Waals surface area contributed by atoms with Crippen molar-refractivity contribution in [1.29, 1.82) is 0 Å². The fourth-order valence-corrected chi connectivity index (χ4v) is 2.82. The van der Waals surface area contributed by atoms with Crippen LogP contribution in [0, 0.1) is 5.41 Å². The molecule has 0 unspecified atom stereocenters. The lowest BCUT2D eigenvalue weighted by Gasteiger charge is -2.38. The third kappa shape index (κ3) is 1.46. The summed E-state index contributed by atoms with van der Waals surface area (Å²) in [5.41, 5.74) is 7.47. The Bertz CT molecular complexity index is 354. The maximum atomic E-state index is 5.59. The zero-order valence-electron chi connectivity index (χ0n) is 8.95. The standard InChI is InChI=1S/C12H17N3/c13-11-3-2-10(8-14-11)15-7-6-12(9-15)4-1-5-12/h2-3,8H,1,4-7,9H2,(H2,13,14). The molecule has 0 amide bonds. The lowest BCUT2D eigenvalue weighted by atomic mass is 9.68. The molecule has 2 N–H and O–H groups in total. The number of nitrogens with two attached hydrogens (primary N) is 1. The van der Waals surface area contributed by atoms with E-state index in [0.717, 1.165) is 0 Å². The topological polar surface area (TPSA) is 42.1 Å². The minimum Gasteiger partial charge on any atom is -0.384 e. The maximum Gasteiger partial charge on any atom is 0.123 e. The highest BCUT2D eigenvalue weighted by Crippen LogP contribution is 2.48. The van der Waals surface area contributed by atoms with Crippen molar-refractivity contribution in [3.8, 4) is 0 Å². The van der Waals surface area contributed by atoms with Crippen molar-refractivity contribution in [2.45, 2.75) is 25.7 Å². The molecule has 0 bridgehead atoms. The average Bonchev–Trinajstić information content (AvgIpc) is 2.63. The second-order valence-corrected chi connectivity index (χ2v) is 4.97. The molecule has 2 aliphatic rings. The van der Waals surface area contributed by atoms with Crippen molar-refractivity contribution < 1.29 is 0 Å². The molecule has 1 aliphatic heterocycles. The number of anilines is 2. The molecule has 1 spiro atoms. The highest BCUT2D eigenvalue weighted by molar-refractivity contribution is 5.49. The minimum absolute atomic E-state index is 0.608. The molecule has 2 heterocycles. The fraction of sp³-hybridized carbons (Fsp3) is 0.583. The third-order valence-corrected chi connectivity index (χ3v) is 3.99. The molecule has 1 aliphatic carbocycles. The van der Waals surface area contributed by atoms with E-state index in [-0.39, 0.29) is 0 Å². The van der Waals surface area contributed by atoms with E-state index in [1.54, 1.807) is 0 Å². The molecule has 0 atom stereocenters.